The van der Waals surface area contributed by atoms with Crippen LogP contribution in [0.5, 0.6) is 5.75 Å². The highest BCUT2D eigenvalue weighted by atomic mass is 16.5. The minimum absolute atomic E-state index is 0.100. The Labute approximate surface area is 157 Å². The maximum Gasteiger partial charge on any atom is 0.233 e. The average molecular weight is 363 g/mol. The Morgan fingerprint density at radius 1 is 1.15 bits per heavy atom. The highest BCUT2D eigenvalue weighted by Crippen LogP contribution is 2.27. The van der Waals surface area contributed by atoms with E-state index in [-0.39, 0.29) is 11.8 Å². The third kappa shape index (κ3) is 4.00. The van der Waals surface area contributed by atoms with Gasteiger partial charge in [-0.25, -0.2) is 0 Å². The lowest BCUT2D eigenvalue weighted by Crippen LogP contribution is -2.49. The Balaban J connectivity index is 1.31. The second kappa shape index (κ2) is 7.61. The van der Waals surface area contributed by atoms with Crippen molar-refractivity contribution in [2.45, 2.75) is 18.8 Å². The zero-order chi connectivity index (χ0) is 18.6. The highest BCUT2D eigenvalue weighted by molar-refractivity contribution is 5.79. The summed E-state index contributed by atoms with van der Waals surface area (Å²) < 4.78 is 10.6. The number of hydrogen-bond donors (Lipinski definition) is 0. The molecule has 1 fully saturated rings. The molecule has 1 amide bonds. The molecule has 3 aromatic rings. The van der Waals surface area contributed by atoms with E-state index >= 15 is 0 Å². The zero-order valence-corrected chi connectivity index (χ0v) is 15.2. The van der Waals surface area contributed by atoms with Crippen molar-refractivity contribution in [1.82, 2.24) is 15.0 Å². The number of benzene rings is 2. The molecule has 138 valence electrons. The summed E-state index contributed by atoms with van der Waals surface area (Å²) in [6, 6.07) is 17.6. The molecule has 0 bridgehead atoms. The molecule has 0 atom stereocenters. The first-order valence-corrected chi connectivity index (χ1v) is 8.98. The van der Waals surface area contributed by atoms with E-state index in [4.69, 9.17) is 9.26 Å². The molecule has 2 aromatic carbocycles. The molecule has 0 aliphatic carbocycles. The molecular formula is C21H21N3O3. The second-order valence-electron chi connectivity index (χ2n) is 6.74. The number of nitrogens with zero attached hydrogens (tertiary/aromatic N) is 3. The van der Waals surface area contributed by atoms with E-state index in [2.05, 4.69) is 10.1 Å². The monoisotopic (exact) mass is 363 g/mol. The van der Waals surface area contributed by atoms with E-state index < -0.39 is 0 Å². The third-order valence-corrected chi connectivity index (χ3v) is 4.76. The second-order valence-corrected chi connectivity index (χ2v) is 6.74. The largest absolute Gasteiger partial charge is 0.497 e. The Kier molecular flexibility index (Phi) is 4.87. The van der Waals surface area contributed by atoms with Gasteiger partial charge in [-0.15, -0.1) is 0 Å². The van der Waals surface area contributed by atoms with Gasteiger partial charge in [-0.2, -0.15) is 4.98 Å². The van der Waals surface area contributed by atoms with E-state index in [9.17, 15) is 4.79 Å². The minimum Gasteiger partial charge on any atom is -0.497 e. The molecule has 0 radical (unpaired) electrons. The molecule has 27 heavy (non-hydrogen) atoms. The predicted octanol–water partition coefficient (Wildman–Crippen LogP) is 2.84. The van der Waals surface area contributed by atoms with E-state index in [0.717, 1.165) is 16.9 Å². The summed E-state index contributed by atoms with van der Waals surface area (Å²) in [5, 5.41) is 4.07. The van der Waals surface area contributed by atoms with Crippen LogP contribution in [-0.4, -0.2) is 41.1 Å². The van der Waals surface area contributed by atoms with E-state index in [1.165, 1.54) is 0 Å². The summed E-state index contributed by atoms with van der Waals surface area (Å²) in [6.45, 7) is 1.24. The van der Waals surface area contributed by atoms with E-state index in [1.807, 2.05) is 59.5 Å². The summed E-state index contributed by atoms with van der Waals surface area (Å²) >= 11 is 0. The number of aromatic nitrogens is 2. The number of methoxy groups -OCH3 is 1. The molecule has 0 unspecified atom stereocenters. The van der Waals surface area contributed by atoms with Crippen LogP contribution in [0, 0.1) is 0 Å². The van der Waals surface area contributed by atoms with Crippen molar-refractivity contribution in [3.63, 3.8) is 0 Å². The molecule has 0 N–H and O–H groups in total. The van der Waals surface area contributed by atoms with Crippen molar-refractivity contribution in [1.29, 1.82) is 0 Å². The molecule has 1 aliphatic heterocycles. The lowest BCUT2D eigenvalue weighted by Gasteiger charge is -2.37. The normalized spacial score (nSPS) is 14.0. The lowest BCUT2D eigenvalue weighted by molar-refractivity contribution is -0.135. The van der Waals surface area contributed by atoms with Crippen molar-refractivity contribution < 1.29 is 14.1 Å². The predicted molar refractivity (Wildman–Crippen MR) is 99.6 cm³/mol. The Bertz CT molecular complexity index is 917. The number of likely N-dealkylation sites (tertiary alicyclic amines) is 1. The molecule has 1 aliphatic rings. The Morgan fingerprint density at radius 2 is 1.93 bits per heavy atom. The number of carbonyl (C=O) groups excluding carboxylic acids is 1. The van der Waals surface area contributed by atoms with Crippen LogP contribution < -0.4 is 4.74 Å². The molecule has 2 heterocycles. The number of rotatable bonds is 6. The highest BCUT2D eigenvalue weighted by Gasteiger charge is 2.35. The summed E-state index contributed by atoms with van der Waals surface area (Å²) in [7, 11) is 1.62. The van der Waals surface area contributed by atoms with Gasteiger partial charge in [-0.05, 0) is 23.3 Å². The maximum absolute atomic E-state index is 12.4. The van der Waals surface area contributed by atoms with Crippen molar-refractivity contribution in [2.24, 2.45) is 0 Å². The van der Waals surface area contributed by atoms with Gasteiger partial charge in [-0.3, -0.25) is 4.79 Å². The SMILES string of the molecule is COc1cccc(CC(=O)N2CC(c3nc(Cc4ccccc4)no3)C2)c1. The van der Waals surface area contributed by atoms with Gasteiger partial charge in [0.15, 0.2) is 5.82 Å². The van der Waals surface area contributed by atoms with Gasteiger partial charge in [0, 0.05) is 19.5 Å². The Hall–Kier alpha value is -3.15. The van der Waals surface area contributed by atoms with Gasteiger partial charge in [0.2, 0.25) is 11.8 Å². The maximum atomic E-state index is 12.4. The Morgan fingerprint density at radius 3 is 2.70 bits per heavy atom. The van der Waals surface area contributed by atoms with Gasteiger partial charge in [0.05, 0.1) is 19.4 Å². The molecule has 6 nitrogen and oxygen atoms in total. The van der Waals surface area contributed by atoms with Crippen LogP contribution in [0.3, 0.4) is 0 Å². The summed E-state index contributed by atoms with van der Waals surface area (Å²) in [5.41, 5.74) is 2.10. The summed E-state index contributed by atoms with van der Waals surface area (Å²) in [4.78, 5) is 18.8. The van der Waals surface area contributed by atoms with Crippen LogP contribution in [0.2, 0.25) is 0 Å². The standard InChI is InChI=1S/C21H21N3O3/c1-26-18-9-5-8-16(10-18)12-20(25)24-13-17(14-24)21-22-19(23-27-21)11-15-6-3-2-4-7-15/h2-10,17H,11-14H2,1H3. The number of amides is 1. The first-order chi connectivity index (χ1) is 13.2. The number of carbonyl (C=O) groups is 1. The van der Waals surface area contributed by atoms with E-state index in [1.54, 1.807) is 7.11 Å². The fraction of sp³-hybridized carbons (Fsp3) is 0.286. The fourth-order valence-electron chi connectivity index (χ4n) is 3.19. The van der Waals surface area contributed by atoms with Crippen molar-refractivity contribution in [3.8, 4) is 5.75 Å². The quantitative estimate of drug-likeness (QED) is 0.674. The molecule has 4 rings (SSSR count). The summed E-state index contributed by atoms with van der Waals surface area (Å²) in [5.74, 6) is 2.28. The minimum atomic E-state index is 0.100. The van der Waals surface area contributed by atoms with Crippen molar-refractivity contribution in [2.75, 3.05) is 20.2 Å². The average Bonchev–Trinajstić information content (AvgIpc) is 3.09. The first kappa shape index (κ1) is 17.3. The molecule has 1 aromatic heterocycles. The lowest BCUT2D eigenvalue weighted by atomic mass is 9.98. The van der Waals surface area contributed by atoms with Crippen LogP contribution in [0.15, 0.2) is 59.1 Å². The molecule has 0 saturated carbocycles. The third-order valence-electron chi connectivity index (χ3n) is 4.76. The molecule has 6 heteroatoms. The van der Waals surface area contributed by atoms with Crippen molar-refractivity contribution in [3.05, 3.63) is 77.4 Å². The summed E-state index contributed by atoms with van der Waals surface area (Å²) in [6.07, 6.45) is 1.02. The fourth-order valence-corrected chi connectivity index (χ4v) is 3.19. The van der Waals surface area contributed by atoms with Gasteiger partial charge in [0.1, 0.15) is 5.75 Å². The van der Waals surface area contributed by atoms with Gasteiger partial charge >= 0.3 is 0 Å². The number of ether oxygens (including phenoxy) is 1. The van der Waals surface area contributed by atoms with Gasteiger partial charge in [-0.1, -0.05) is 47.6 Å². The van der Waals surface area contributed by atoms with Gasteiger partial charge in [0.25, 0.3) is 0 Å². The van der Waals surface area contributed by atoms with Crippen LogP contribution in [0.4, 0.5) is 0 Å². The van der Waals surface area contributed by atoms with Crippen molar-refractivity contribution >= 4 is 5.91 Å². The van der Waals surface area contributed by atoms with Crippen LogP contribution >= 0.6 is 0 Å². The topological polar surface area (TPSA) is 68.5 Å². The first-order valence-electron chi connectivity index (χ1n) is 8.98. The molecular weight excluding hydrogens is 342 g/mol. The molecule has 0 spiro atoms. The van der Waals surface area contributed by atoms with Crippen LogP contribution in [0.25, 0.3) is 0 Å². The van der Waals surface area contributed by atoms with E-state index in [0.29, 0.717) is 37.6 Å². The molecule has 1 saturated heterocycles. The van der Waals surface area contributed by atoms with Crippen LogP contribution in [-0.2, 0) is 17.6 Å². The number of hydrogen-bond acceptors (Lipinski definition) is 5. The van der Waals surface area contributed by atoms with Crippen LogP contribution in [0.1, 0.15) is 28.8 Å². The zero-order valence-electron chi connectivity index (χ0n) is 15.2. The smallest absolute Gasteiger partial charge is 0.233 e. The van der Waals surface area contributed by atoms with Gasteiger partial charge < -0.3 is 14.2 Å².